The van der Waals surface area contributed by atoms with Crippen LogP contribution in [0.5, 0.6) is 5.75 Å². The minimum Gasteiger partial charge on any atom is -0.492 e. The van der Waals surface area contributed by atoms with Gasteiger partial charge in [-0.1, -0.05) is 33.6 Å². The van der Waals surface area contributed by atoms with Crippen LogP contribution >= 0.6 is 43.5 Å². The highest BCUT2D eigenvalue weighted by Crippen LogP contribution is 2.33. The first-order valence-corrected chi connectivity index (χ1v) is 8.58. The van der Waals surface area contributed by atoms with Gasteiger partial charge in [0.05, 0.1) is 11.1 Å². The molecule has 0 fully saturated rings. The summed E-state index contributed by atoms with van der Waals surface area (Å²) >= 11 is 13.1. The summed E-state index contributed by atoms with van der Waals surface area (Å²) in [6, 6.07) is 9.88. The van der Waals surface area contributed by atoms with E-state index >= 15 is 0 Å². The van der Waals surface area contributed by atoms with Crippen molar-refractivity contribution in [2.75, 3.05) is 11.9 Å². The number of aryl methyl sites for hydroxylation is 1. The third-order valence-electron chi connectivity index (χ3n) is 3.04. The normalized spacial score (nSPS) is 10.5. The fourth-order valence-electron chi connectivity index (χ4n) is 2.03. The molecule has 0 aliphatic heterocycles. The minimum atomic E-state index is 0.628. The van der Waals surface area contributed by atoms with Gasteiger partial charge < -0.3 is 10.1 Å². The summed E-state index contributed by atoms with van der Waals surface area (Å²) in [6.45, 7) is 5.32. The number of halogens is 3. The van der Waals surface area contributed by atoms with E-state index in [-0.39, 0.29) is 0 Å². The molecule has 2 aromatic carbocycles. The van der Waals surface area contributed by atoms with Crippen molar-refractivity contribution in [3.63, 3.8) is 0 Å². The maximum absolute atomic E-state index is 6.05. The first-order chi connectivity index (χ1) is 10.0. The zero-order valence-corrected chi connectivity index (χ0v) is 15.8. The van der Waals surface area contributed by atoms with Gasteiger partial charge in [-0.05, 0) is 59.6 Å². The molecule has 0 saturated carbocycles. The number of hydrogen-bond acceptors (Lipinski definition) is 2. The number of ether oxygens (including phenoxy) is 1. The highest BCUT2D eigenvalue weighted by Gasteiger charge is 2.10. The van der Waals surface area contributed by atoms with Crippen LogP contribution < -0.4 is 10.1 Å². The second-order valence-electron chi connectivity index (χ2n) is 4.62. The number of hydrogen-bond donors (Lipinski definition) is 1. The Balaban J connectivity index is 2.25. The molecule has 2 rings (SSSR count). The quantitative estimate of drug-likeness (QED) is 0.608. The van der Waals surface area contributed by atoms with E-state index in [1.54, 1.807) is 0 Å². The topological polar surface area (TPSA) is 21.3 Å². The summed E-state index contributed by atoms with van der Waals surface area (Å²) in [5.74, 6) is 0.868. The van der Waals surface area contributed by atoms with Gasteiger partial charge in [0.2, 0.25) is 0 Å². The summed E-state index contributed by atoms with van der Waals surface area (Å²) in [4.78, 5) is 0. The first kappa shape index (κ1) is 16.7. The van der Waals surface area contributed by atoms with Crippen LogP contribution in [0, 0.1) is 6.92 Å². The third kappa shape index (κ3) is 4.38. The predicted octanol–water partition coefficient (Wildman–Crippen LogP) is 6.18. The average Bonchev–Trinajstić information content (AvgIpc) is 2.43. The molecule has 0 bridgehead atoms. The molecule has 0 spiro atoms. The van der Waals surface area contributed by atoms with E-state index in [1.807, 2.05) is 31.2 Å². The van der Waals surface area contributed by atoms with Gasteiger partial charge in [0.1, 0.15) is 5.75 Å². The van der Waals surface area contributed by atoms with Crippen LogP contribution in [0.15, 0.2) is 39.3 Å². The van der Waals surface area contributed by atoms with E-state index in [4.69, 9.17) is 16.3 Å². The van der Waals surface area contributed by atoms with Crippen molar-refractivity contribution in [1.82, 2.24) is 0 Å². The van der Waals surface area contributed by atoms with Crippen molar-refractivity contribution in [1.29, 1.82) is 0 Å². The lowest BCUT2D eigenvalue weighted by atomic mass is 10.1. The van der Waals surface area contributed by atoms with E-state index in [2.05, 4.69) is 50.2 Å². The average molecular weight is 434 g/mol. The Hall–Kier alpha value is -0.710. The van der Waals surface area contributed by atoms with Gasteiger partial charge in [-0.15, -0.1) is 0 Å². The van der Waals surface area contributed by atoms with Gasteiger partial charge in [0, 0.05) is 27.3 Å². The van der Waals surface area contributed by atoms with Crippen LogP contribution in [0.4, 0.5) is 5.69 Å². The van der Waals surface area contributed by atoms with Crippen LogP contribution in [-0.2, 0) is 6.54 Å². The lowest BCUT2D eigenvalue weighted by Crippen LogP contribution is -2.05. The van der Waals surface area contributed by atoms with Crippen molar-refractivity contribution >= 4 is 49.1 Å². The Bertz CT molecular complexity index is 646. The summed E-state index contributed by atoms with van der Waals surface area (Å²) in [7, 11) is 0. The Kier molecular flexibility index (Phi) is 5.97. The fraction of sp³-hybridized carbons (Fsp3) is 0.250. The van der Waals surface area contributed by atoms with Gasteiger partial charge in [0.15, 0.2) is 0 Å². The zero-order chi connectivity index (χ0) is 15.4. The lowest BCUT2D eigenvalue weighted by molar-refractivity contribution is 0.334. The summed E-state index contributed by atoms with van der Waals surface area (Å²) in [5, 5.41) is 4.14. The van der Waals surface area contributed by atoms with Crippen molar-refractivity contribution in [3.05, 3.63) is 55.4 Å². The molecule has 0 heterocycles. The molecule has 0 saturated heterocycles. The molecule has 0 aliphatic rings. The molecular formula is C16H16Br2ClNO. The number of anilines is 1. The molecule has 2 aromatic rings. The number of rotatable bonds is 5. The molecule has 0 amide bonds. The maximum atomic E-state index is 6.05. The van der Waals surface area contributed by atoms with Crippen LogP contribution in [0.2, 0.25) is 5.02 Å². The van der Waals surface area contributed by atoms with Gasteiger partial charge in [-0.3, -0.25) is 0 Å². The first-order valence-electron chi connectivity index (χ1n) is 6.62. The summed E-state index contributed by atoms with van der Waals surface area (Å²) < 4.78 is 7.69. The molecule has 21 heavy (non-hydrogen) atoms. The van der Waals surface area contributed by atoms with E-state index in [0.29, 0.717) is 13.2 Å². The SMILES string of the molecule is CCOc1c(Br)cc(Br)cc1CNc1cc(Cl)ccc1C. The van der Waals surface area contributed by atoms with Gasteiger partial charge in [0.25, 0.3) is 0 Å². The Labute approximate surface area is 147 Å². The van der Waals surface area contributed by atoms with Crippen molar-refractivity contribution in [3.8, 4) is 5.75 Å². The highest BCUT2D eigenvalue weighted by molar-refractivity contribution is 9.11. The molecule has 0 aliphatic carbocycles. The summed E-state index contributed by atoms with van der Waals surface area (Å²) in [6.07, 6.45) is 0. The molecule has 5 heteroatoms. The Morgan fingerprint density at radius 1 is 1.19 bits per heavy atom. The predicted molar refractivity (Wildman–Crippen MR) is 96.5 cm³/mol. The molecule has 0 radical (unpaired) electrons. The molecule has 112 valence electrons. The number of nitrogens with one attached hydrogen (secondary N) is 1. The molecule has 0 aromatic heterocycles. The molecule has 2 nitrogen and oxygen atoms in total. The van der Waals surface area contributed by atoms with Gasteiger partial charge in [-0.25, -0.2) is 0 Å². The van der Waals surface area contributed by atoms with E-state index in [1.165, 1.54) is 0 Å². The van der Waals surface area contributed by atoms with E-state index in [0.717, 1.165) is 36.5 Å². The third-order valence-corrected chi connectivity index (χ3v) is 4.32. The number of benzene rings is 2. The minimum absolute atomic E-state index is 0.628. The molecule has 1 N–H and O–H groups in total. The van der Waals surface area contributed by atoms with Crippen LogP contribution in [0.1, 0.15) is 18.1 Å². The molecule has 0 unspecified atom stereocenters. The summed E-state index contributed by atoms with van der Waals surface area (Å²) in [5.41, 5.74) is 3.27. The zero-order valence-electron chi connectivity index (χ0n) is 11.8. The van der Waals surface area contributed by atoms with Gasteiger partial charge in [-0.2, -0.15) is 0 Å². The van der Waals surface area contributed by atoms with Crippen molar-refractivity contribution in [2.24, 2.45) is 0 Å². The standard InChI is InChI=1S/C16H16Br2ClNO/c1-3-21-16-11(6-12(17)7-14(16)18)9-20-15-8-13(19)5-4-10(15)2/h4-8,20H,3,9H2,1-2H3. The Morgan fingerprint density at radius 3 is 2.67 bits per heavy atom. The van der Waals surface area contributed by atoms with Crippen LogP contribution in [-0.4, -0.2) is 6.61 Å². The van der Waals surface area contributed by atoms with Crippen molar-refractivity contribution < 1.29 is 4.74 Å². The molecule has 0 atom stereocenters. The lowest BCUT2D eigenvalue weighted by Gasteiger charge is -2.15. The van der Waals surface area contributed by atoms with Gasteiger partial charge >= 0.3 is 0 Å². The van der Waals surface area contributed by atoms with Crippen LogP contribution in [0.3, 0.4) is 0 Å². The highest BCUT2D eigenvalue weighted by atomic mass is 79.9. The van der Waals surface area contributed by atoms with E-state index < -0.39 is 0 Å². The maximum Gasteiger partial charge on any atom is 0.138 e. The smallest absolute Gasteiger partial charge is 0.138 e. The largest absolute Gasteiger partial charge is 0.492 e. The monoisotopic (exact) mass is 431 g/mol. The molecular weight excluding hydrogens is 417 g/mol. The Morgan fingerprint density at radius 2 is 1.95 bits per heavy atom. The second kappa shape index (κ2) is 7.52. The van der Waals surface area contributed by atoms with E-state index in [9.17, 15) is 0 Å². The van der Waals surface area contributed by atoms with Crippen molar-refractivity contribution in [2.45, 2.75) is 20.4 Å². The second-order valence-corrected chi connectivity index (χ2v) is 6.83. The van der Waals surface area contributed by atoms with Crippen LogP contribution in [0.25, 0.3) is 0 Å². The fourth-order valence-corrected chi connectivity index (χ4v) is 3.63.